The average molecular weight is 223 g/mol. The number of rotatable bonds is 3. The summed E-state index contributed by atoms with van der Waals surface area (Å²) in [5, 5.41) is 5.58. The van der Waals surface area contributed by atoms with E-state index in [0.29, 0.717) is 5.11 Å². The van der Waals surface area contributed by atoms with Crippen LogP contribution in [0.4, 0.5) is 5.69 Å². The maximum Gasteiger partial charge on any atom is 0.187 e. The van der Waals surface area contributed by atoms with Crippen molar-refractivity contribution in [3.8, 4) is 0 Å². The lowest BCUT2D eigenvalue weighted by atomic mass is 10.1. The van der Waals surface area contributed by atoms with Crippen molar-refractivity contribution in [3.63, 3.8) is 0 Å². The van der Waals surface area contributed by atoms with Crippen molar-refractivity contribution < 1.29 is 0 Å². The van der Waals surface area contributed by atoms with Crippen LogP contribution >= 0.6 is 12.2 Å². The van der Waals surface area contributed by atoms with Crippen molar-refractivity contribution in [2.45, 2.75) is 13.3 Å². The second-order valence-electron chi connectivity index (χ2n) is 3.27. The van der Waals surface area contributed by atoms with Crippen molar-refractivity contribution in [1.29, 1.82) is 0 Å². The standard InChI is InChI=1S/C11H17N3S/c1-4-9-6-5-7-10(8-9)13-11(15)14(3)12-2/h5-8,12H,4H2,1-3H3,(H,13,15). The molecule has 0 saturated carbocycles. The van der Waals surface area contributed by atoms with Gasteiger partial charge in [0.1, 0.15) is 0 Å². The van der Waals surface area contributed by atoms with Gasteiger partial charge in [0.25, 0.3) is 0 Å². The minimum absolute atomic E-state index is 0.658. The van der Waals surface area contributed by atoms with Crippen LogP contribution in [0, 0.1) is 0 Å². The topological polar surface area (TPSA) is 27.3 Å². The molecular formula is C11H17N3S. The number of hydrazine groups is 1. The Kier molecular flexibility index (Phi) is 4.52. The molecule has 0 amide bonds. The number of nitrogens with zero attached hydrogens (tertiary/aromatic N) is 1. The number of thiocarbonyl (C=S) groups is 1. The molecule has 0 bridgehead atoms. The highest BCUT2D eigenvalue weighted by molar-refractivity contribution is 7.80. The van der Waals surface area contributed by atoms with Gasteiger partial charge in [0.2, 0.25) is 0 Å². The summed E-state index contributed by atoms with van der Waals surface area (Å²) in [4.78, 5) is 0. The average Bonchev–Trinajstić information content (AvgIpc) is 2.28. The molecule has 1 aromatic carbocycles. The molecule has 0 spiro atoms. The van der Waals surface area contributed by atoms with E-state index in [0.717, 1.165) is 12.1 Å². The lowest BCUT2D eigenvalue weighted by Gasteiger charge is -2.19. The third-order valence-electron chi connectivity index (χ3n) is 2.23. The van der Waals surface area contributed by atoms with E-state index in [1.165, 1.54) is 5.56 Å². The first-order valence-corrected chi connectivity index (χ1v) is 5.39. The number of hydrogen-bond donors (Lipinski definition) is 2. The number of anilines is 1. The smallest absolute Gasteiger partial charge is 0.187 e. The zero-order valence-electron chi connectivity index (χ0n) is 9.37. The minimum atomic E-state index is 0.658. The normalized spacial score (nSPS) is 9.80. The molecule has 2 N–H and O–H groups in total. The molecule has 0 fully saturated rings. The Morgan fingerprint density at radius 1 is 1.47 bits per heavy atom. The molecular weight excluding hydrogens is 206 g/mol. The summed E-state index contributed by atoms with van der Waals surface area (Å²) in [5.74, 6) is 0. The van der Waals surface area contributed by atoms with Crippen molar-refractivity contribution in [2.75, 3.05) is 19.4 Å². The highest BCUT2D eigenvalue weighted by atomic mass is 32.1. The second-order valence-corrected chi connectivity index (χ2v) is 3.65. The fourth-order valence-corrected chi connectivity index (χ4v) is 1.39. The fourth-order valence-electron chi connectivity index (χ4n) is 1.18. The van der Waals surface area contributed by atoms with E-state index in [1.54, 1.807) is 5.01 Å². The van der Waals surface area contributed by atoms with Crippen LogP contribution in [0.3, 0.4) is 0 Å². The van der Waals surface area contributed by atoms with E-state index in [1.807, 2.05) is 26.2 Å². The lowest BCUT2D eigenvalue weighted by molar-refractivity contribution is 0.416. The predicted molar refractivity (Wildman–Crippen MR) is 68.9 cm³/mol. The van der Waals surface area contributed by atoms with E-state index in [-0.39, 0.29) is 0 Å². The van der Waals surface area contributed by atoms with Gasteiger partial charge in [-0.1, -0.05) is 19.1 Å². The van der Waals surface area contributed by atoms with Gasteiger partial charge in [0.05, 0.1) is 0 Å². The first-order chi connectivity index (χ1) is 7.17. The zero-order valence-corrected chi connectivity index (χ0v) is 10.2. The first kappa shape index (κ1) is 11.9. The van der Waals surface area contributed by atoms with Crippen molar-refractivity contribution in [3.05, 3.63) is 29.8 Å². The highest BCUT2D eigenvalue weighted by Gasteiger charge is 2.01. The third kappa shape index (κ3) is 3.49. The summed E-state index contributed by atoms with van der Waals surface area (Å²) in [6.07, 6.45) is 1.03. The molecule has 1 rings (SSSR count). The molecule has 0 aliphatic carbocycles. The maximum absolute atomic E-state index is 5.19. The molecule has 1 aromatic rings. The number of nitrogens with one attached hydrogen (secondary N) is 2. The van der Waals surface area contributed by atoms with Crippen molar-refractivity contribution in [2.24, 2.45) is 0 Å². The molecule has 0 saturated heterocycles. The Bertz CT molecular complexity index is 338. The zero-order chi connectivity index (χ0) is 11.3. The van der Waals surface area contributed by atoms with Gasteiger partial charge in [-0.25, -0.2) is 5.43 Å². The Morgan fingerprint density at radius 3 is 2.80 bits per heavy atom. The summed E-state index contributed by atoms with van der Waals surface area (Å²) in [7, 11) is 3.70. The first-order valence-electron chi connectivity index (χ1n) is 4.98. The minimum Gasteiger partial charge on any atom is -0.332 e. The van der Waals surface area contributed by atoms with E-state index in [2.05, 4.69) is 29.8 Å². The maximum atomic E-state index is 5.19. The predicted octanol–water partition coefficient (Wildman–Crippen LogP) is 2.01. The second kappa shape index (κ2) is 5.68. The van der Waals surface area contributed by atoms with Crippen molar-refractivity contribution >= 4 is 23.0 Å². The highest BCUT2D eigenvalue weighted by Crippen LogP contribution is 2.11. The van der Waals surface area contributed by atoms with Crippen LogP contribution in [-0.4, -0.2) is 24.2 Å². The van der Waals surface area contributed by atoms with Gasteiger partial charge in [-0.15, -0.1) is 0 Å². The largest absolute Gasteiger partial charge is 0.332 e. The van der Waals surface area contributed by atoms with Gasteiger partial charge in [0.15, 0.2) is 5.11 Å². The molecule has 0 aliphatic rings. The molecule has 0 radical (unpaired) electrons. The molecule has 0 atom stereocenters. The molecule has 0 heterocycles. The fraction of sp³-hybridized carbons (Fsp3) is 0.364. The lowest BCUT2D eigenvalue weighted by Crippen LogP contribution is -2.39. The van der Waals surface area contributed by atoms with Crippen LogP contribution in [0.2, 0.25) is 0 Å². The van der Waals surface area contributed by atoms with Crippen LogP contribution < -0.4 is 10.7 Å². The van der Waals surface area contributed by atoms with Gasteiger partial charge in [-0.05, 0) is 36.3 Å². The van der Waals surface area contributed by atoms with Crippen LogP contribution in [-0.2, 0) is 6.42 Å². The van der Waals surface area contributed by atoms with Crippen molar-refractivity contribution in [1.82, 2.24) is 10.4 Å². The Hall–Kier alpha value is -1.13. The van der Waals surface area contributed by atoms with Crippen LogP contribution in [0.1, 0.15) is 12.5 Å². The van der Waals surface area contributed by atoms with E-state index >= 15 is 0 Å². The summed E-state index contributed by atoms with van der Waals surface area (Å²) in [5.41, 5.74) is 5.27. The van der Waals surface area contributed by atoms with Gasteiger partial charge >= 0.3 is 0 Å². The van der Waals surface area contributed by atoms with Gasteiger partial charge < -0.3 is 5.32 Å². The van der Waals surface area contributed by atoms with Gasteiger partial charge in [0, 0.05) is 19.8 Å². The molecule has 0 aliphatic heterocycles. The molecule has 4 heteroatoms. The molecule has 0 aromatic heterocycles. The summed E-state index contributed by atoms with van der Waals surface area (Å²) >= 11 is 5.19. The summed E-state index contributed by atoms with van der Waals surface area (Å²) < 4.78 is 0. The molecule has 82 valence electrons. The number of hydrogen-bond acceptors (Lipinski definition) is 2. The van der Waals surface area contributed by atoms with Crippen LogP contribution in [0.25, 0.3) is 0 Å². The van der Waals surface area contributed by atoms with Crippen LogP contribution in [0.5, 0.6) is 0 Å². The monoisotopic (exact) mass is 223 g/mol. The van der Waals surface area contributed by atoms with E-state index in [9.17, 15) is 0 Å². The van der Waals surface area contributed by atoms with Crippen LogP contribution in [0.15, 0.2) is 24.3 Å². The number of benzene rings is 1. The Morgan fingerprint density at radius 2 is 2.20 bits per heavy atom. The molecule has 15 heavy (non-hydrogen) atoms. The van der Waals surface area contributed by atoms with E-state index in [4.69, 9.17) is 12.2 Å². The van der Waals surface area contributed by atoms with E-state index < -0.39 is 0 Å². The Balaban J connectivity index is 2.68. The number of aryl methyl sites for hydroxylation is 1. The quantitative estimate of drug-likeness (QED) is 0.605. The third-order valence-corrected chi connectivity index (χ3v) is 2.60. The summed E-state index contributed by atoms with van der Waals surface area (Å²) in [6.45, 7) is 2.14. The Labute approximate surface area is 96.4 Å². The molecule has 0 unspecified atom stereocenters. The SMILES string of the molecule is CCc1cccc(NC(=S)N(C)NC)c1. The summed E-state index contributed by atoms with van der Waals surface area (Å²) in [6, 6.07) is 8.25. The van der Waals surface area contributed by atoms with Gasteiger partial charge in [-0.3, -0.25) is 5.01 Å². The molecule has 3 nitrogen and oxygen atoms in total. The van der Waals surface area contributed by atoms with Gasteiger partial charge in [-0.2, -0.15) is 0 Å².